The molecule has 2 aromatic heterocycles. The van der Waals surface area contributed by atoms with Gasteiger partial charge in [0.15, 0.2) is 0 Å². The van der Waals surface area contributed by atoms with Crippen LogP contribution in [0, 0.1) is 5.92 Å². The van der Waals surface area contributed by atoms with Gasteiger partial charge < -0.3 is 35.1 Å². The van der Waals surface area contributed by atoms with Crippen molar-refractivity contribution in [1.29, 1.82) is 0 Å². The van der Waals surface area contributed by atoms with Crippen molar-refractivity contribution in [3.63, 3.8) is 0 Å². The lowest BCUT2D eigenvalue weighted by Crippen LogP contribution is -2.51. The number of nitrogens with zero attached hydrogens (tertiary/aromatic N) is 4. The van der Waals surface area contributed by atoms with Crippen LogP contribution in [0.5, 0.6) is 0 Å². The minimum Gasteiger partial charge on any atom is -0.453 e. The summed E-state index contributed by atoms with van der Waals surface area (Å²) in [5.74, 6) is 0.873. The van der Waals surface area contributed by atoms with Gasteiger partial charge >= 0.3 is 6.09 Å². The summed E-state index contributed by atoms with van der Waals surface area (Å²) in [5.41, 5.74) is 7.44. The second-order valence-electron chi connectivity index (χ2n) is 14.5. The van der Waals surface area contributed by atoms with E-state index in [-0.39, 0.29) is 42.3 Å². The Morgan fingerprint density at radius 1 is 0.870 bits per heavy atom. The largest absolute Gasteiger partial charge is 0.453 e. The zero-order valence-electron chi connectivity index (χ0n) is 31.9. The molecule has 13 nitrogen and oxygen atoms in total. The minimum atomic E-state index is -0.685. The van der Waals surface area contributed by atoms with E-state index in [4.69, 9.17) is 4.74 Å². The standard InChI is InChI=1S/C41H50N8O5/c1-24(2)36(47-41(53)54-6)40(52)48-20-8-11-34(48)38-44-22-33(46-38)29-18-14-27(15-19-29)26-12-16-28(17-13-26)32-21-43-37(45-32)30-9-7-10-31(30)39(51)49(25(3)4)23-35(50)42-5/h12-19,21-22,24-25,34,36H,7-11,20,23H2,1-6H3,(H,42,50)(H,43,45)(H,44,46)(H,47,53)/t34-,36?/m0/s1. The predicted molar refractivity (Wildman–Crippen MR) is 207 cm³/mol. The topological polar surface area (TPSA) is 165 Å². The van der Waals surface area contributed by atoms with Crippen molar-refractivity contribution >= 4 is 29.4 Å². The average molecular weight is 735 g/mol. The number of hydrogen-bond donors (Lipinski definition) is 4. The Kier molecular flexibility index (Phi) is 11.6. The fraction of sp³-hybridized carbons (Fsp3) is 0.415. The molecular weight excluding hydrogens is 685 g/mol. The number of carbonyl (C=O) groups excluding carboxylic acids is 4. The van der Waals surface area contributed by atoms with Crippen molar-refractivity contribution in [1.82, 2.24) is 40.4 Å². The first kappa shape index (κ1) is 38.0. The molecule has 2 atom stereocenters. The molecule has 54 heavy (non-hydrogen) atoms. The monoisotopic (exact) mass is 734 g/mol. The van der Waals surface area contributed by atoms with Gasteiger partial charge in [0.25, 0.3) is 5.91 Å². The Morgan fingerprint density at radius 3 is 2.07 bits per heavy atom. The van der Waals surface area contributed by atoms with E-state index >= 15 is 0 Å². The van der Waals surface area contributed by atoms with E-state index in [9.17, 15) is 19.2 Å². The lowest BCUT2D eigenvalue weighted by molar-refractivity contribution is -0.135. The Balaban J connectivity index is 1.13. The number of amides is 4. The van der Waals surface area contributed by atoms with Crippen molar-refractivity contribution in [3.05, 3.63) is 78.1 Å². The summed E-state index contributed by atoms with van der Waals surface area (Å²) in [4.78, 5) is 70.8. The molecule has 1 saturated heterocycles. The molecule has 2 aliphatic rings. The second kappa shape index (κ2) is 16.5. The molecule has 1 unspecified atom stereocenters. The minimum absolute atomic E-state index is 0.0217. The van der Waals surface area contributed by atoms with Gasteiger partial charge in [0.1, 0.15) is 24.2 Å². The fourth-order valence-electron chi connectivity index (χ4n) is 7.29. The number of hydrogen-bond acceptors (Lipinski definition) is 7. The van der Waals surface area contributed by atoms with Crippen molar-refractivity contribution in [2.45, 2.75) is 77.9 Å². The molecule has 1 aliphatic carbocycles. The maximum Gasteiger partial charge on any atom is 0.407 e. The SMILES string of the molecule is CNC(=O)CN(C(=O)C1=C(c2ncc(-c3ccc(-c4ccc(-c5cnc([C@@H]6CCCN6C(=O)C(NC(=O)OC)C(C)C)[nH]5)cc4)cc3)[nH]2)CCC1)C(C)C. The van der Waals surface area contributed by atoms with Gasteiger partial charge in [-0.15, -0.1) is 0 Å². The van der Waals surface area contributed by atoms with Crippen molar-refractivity contribution in [3.8, 4) is 33.6 Å². The van der Waals surface area contributed by atoms with E-state index in [1.54, 1.807) is 24.3 Å². The highest BCUT2D eigenvalue weighted by atomic mass is 16.5. The summed E-state index contributed by atoms with van der Waals surface area (Å²) in [6, 6.07) is 15.5. The number of likely N-dealkylation sites (tertiary alicyclic amines) is 1. The number of carbonyl (C=O) groups is 4. The van der Waals surface area contributed by atoms with Gasteiger partial charge in [0.2, 0.25) is 11.8 Å². The van der Waals surface area contributed by atoms with Crippen LogP contribution in [-0.2, 0) is 19.1 Å². The van der Waals surface area contributed by atoms with Crippen LogP contribution in [-0.4, -0.2) is 92.9 Å². The fourth-order valence-corrected chi connectivity index (χ4v) is 7.29. The number of imidazole rings is 2. The number of H-pyrrole nitrogens is 2. The molecule has 0 spiro atoms. The van der Waals surface area contributed by atoms with E-state index in [1.807, 2.05) is 32.6 Å². The lowest BCUT2D eigenvalue weighted by atomic mass is 10.0. The molecule has 2 aromatic carbocycles. The molecule has 0 radical (unpaired) electrons. The molecule has 3 heterocycles. The van der Waals surface area contributed by atoms with E-state index < -0.39 is 12.1 Å². The van der Waals surface area contributed by atoms with Crippen LogP contribution in [0.4, 0.5) is 4.79 Å². The lowest BCUT2D eigenvalue weighted by Gasteiger charge is -2.30. The van der Waals surface area contributed by atoms with Crippen molar-refractivity contribution < 1.29 is 23.9 Å². The first-order valence-corrected chi connectivity index (χ1v) is 18.7. The third-order valence-electron chi connectivity index (χ3n) is 10.4. The highest BCUT2D eigenvalue weighted by molar-refractivity contribution is 6.03. The Bertz CT molecular complexity index is 2010. The maximum atomic E-state index is 13.6. The molecule has 6 rings (SSSR count). The molecule has 13 heteroatoms. The quantitative estimate of drug-likeness (QED) is 0.137. The van der Waals surface area contributed by atoms with Gasteiger partial charge in [0.05, 0.1) is 36.9 Å². The van der Waals surface area contributed by atoms with Crippen molar-refractivity contribution in [2.75, 3.05) is 27.2 Å². The molecule has 4 amide bonds. The Morgan fingerprint density at radius 2 is 1.48 bits per heavy atom. The van der Waals surface area contributed by atoms with E-state index in [0.29, 0.717) is 18.8 Å². The normalized spacial score (nSPS) is 16.2. The molecule has 4 aromatic rings. The predicted octanol–water partition coefficient (Wildman–Crippen LogP) is 6.10. The van der Waals surface area contributed by atoms with Crippen LogP contribution in [0.1, 0.15) is 77.5 Å². The number of likely N-dealkylation sites (N-methyl/N-ethyl adjacent to an activating group) is 1. The molecule has 284 valence electrons. The van der Waals surface area contributed by atoms with Crippen LogP contribution >= 0.6 is 0 Å². The van der Waals surface area contributed by atoms with Crippen LogP contribution < -0.4 is 10.6 Å². The third-order valence-corrected chi connectivity index (χ3v) is 10.4. The number of nitrogens with one attached hydrogen (secondary N) is 4. The van der Waals surface area contributed by atoms with Crippen LogP contribution in [0.25, 0.3) is 39.2 Å². The first-order valence-electron chi connectivity index (χ1n) is 18.7. The van der Waals surface area contributed by atoms with Crippen LogP contribution in [0.2, 0.25) is 0 Å². The number of aromatic nitrogens is 4. The number of ether oxygens (including phenoxy) is 1. The molecule has 1 fully saturated rings. The summed E-state index contributed by atoms with van der Waals surface area (Å²) in [6.45, 7) is 8.26. The number of methoxy groups -OCH3 is 1. The number of rotatable bonds is 12. The molecule has 1 aliphatic heterocycles. The number of allylic oxidation sites excluding steroid dienone is 1. The van der Waals surface area contributed by atoms with Gasteiger partial charge in [-0.05, 0) is 74.1 Å². The van der Waals surface area contributed by atoms with E-state index in [0.717, 1.165) is 76.3 Å². The third kappa shape index (κ3) is 8.09. The molecule has 4 N–H and O–H groups in total. The summed E-state index contributed by atoms with van der Waals surface area (Å²) in [5, 5.41) is 5.31. The summed E-state index contributed by atoms with van der Waals surface area (Å²) in [7, 11) is 2.87. The average Bonchev–Trinajstić information content (AvgIpc) is 4.02. The van der Waals surface area contributed by atoms with E-state index in [1.165, 1.54) is 7.11 Å². The first-order chi connectivity index (χ1) is 26.0. The van der Waals surface area contributed by atoms with Gasteiger partial charge in [-0.25, -0.2) is 14.8 Å². The number of aromatic amines is 2. The molecule has 0 bridgehead atoms. The zero-order chi connectivity index (χ0) is 38.5. The van der Waals surface area contributed by atoms with Gasteiger partial charge in [-0.2, -0.15) is 0 Å². The zero-order valence-corrected chi connectivity index (χ0v) is 31.9. The summed E-state index contributed by atoms with van der Waals surface area (Å²) < 4.78 is 4.75. The smallest absolute Gasteiger partial charge is 0.407 e. The Hall–Kier alpha value is -5.72. The number of alkyl carbamates (subject to hydrolysis) is 1. The van der Waals surface area contributed by atoms with Gasteiger partial charge in [0, 0.05) is 30.8 Å². The highest BCUT2D eigenvalue weighted by Crippen LogP contribution is 2.36. The van der Waals surface area contributed by atoms with Gasteiger partial charge in [-0.1, -0.05) is 62.4 Å². The van der Waals surface area contributed by atoms with Crippen molar-refractivity contribution in [2.24, 2.45) is 5.92 Å². The van der Waals surface area contributed by atoms with Crippen LogP contribution in [0.15, 0.2) is 66.5 Å². The van der Waals surface area contributed by atoms with Crippen LogP contribution in [0.3, 0.4) is 0 Å². The Labute approximate surface area is 316 Å². The summed E-state index contributed by atoms with van der Waals surface area (Å²) >= 11 is 0. The van der Waals surface area contributed by atoms with E-state index in [2.05, 4.69) is 79.1 Å². The molecular formula is C41H50N8O5. The van der Waals surface area contributed by atoms with Gasteiger partial charge in [-0.3, -0.25) is 14.4 Å². The molecule has 0 saturated carbocycles. The number of benzene rings is 2. The highest BCUT2D eigenvalue weighted by Gasteiger charge is 2.37. The second-order valence-corrected chi connectivity index (χ2v) is 14.5. The maximum absolute atomic E-state index is 13.6. The summed E-state index contributed by atoms with van der Waals surface area (Å²) in [6.07, 6.45) is 6.90.